The van der Waals surface area contributed by atoms with Crippen molar-refractivity contribution in [2.45, 2.75) is 45.9 Å². The standard InChI is InChI=1S/C20H27N3O2/c1-14(2)18-12-22(13-19(25-18)16-8-6-5-7-9-16)20(24)17-10-11-23(21-17)15(3)4/h5-11,14-15,18-19H,12-13H2,1-4H3/t18-,19+/m1/s1. The van der Waals surface area contributed by atoms with Gasteiger partial charge in [0.1, 0.15) is 11.8 Å². The summed E-state index contributed by atoms with van der Waals surface area (Å²) in [6, 6.07) is 12.2. The van der Waals surface area contributed by atoms with E-state index in [1.807, 2.05) is 34.0 Å². The van der Waals surface area contributed by atoms with Crippen molar-refractivity contribution in [3.63, 3.8) is 0 Å². The van der Waals surface area contributed by atoms with E-state index in [9.17, 15) is 4.79 Å². The third kappa shape index (κ3) is 3.93. The Balaban J connectivity index is 1.82. The molecule has 1 aliphatic heterocycles. The van der Waals surface area contributed by atoms with Crippen molar-refractivity contribution in [3.05, 3.63) is 53.9 Å². The molecule has 1 fully saturated rings. The van der Waals surface area contributed by atoms with E-state index >= 15 is 0 Å². The zero-order valence-corrected chi connectivity index (χ0v) is 15.4. The van der Waals surface area contributed by atoms with Gasteiger partial charge in [-0.25, -0.2) is 0 Å². The van der Waals surface area contributed by atoms with Crippen LogP contribution in [0.5, 0.6) is 0 Å². The van der Waals surface area contributed by atoms with Crippen molar-refractivity contribution >= 4 is 5.91 Å². The molecule has 0 unspecified atom stereocenters. The van der Waals surface area contributed by atoms with Crippen molar-refractivity contribution in [1.29, 1.82) is 0 Å². The number of benzene rings is 1. The average molecular weight is 341 g/mol. The molecule has 0 spiro atoms. The molecule has 1 aromatic carbocycles. The Labute approximate surface area is 149 Å². The Bertz CT molecular complexity index is 709. The van der Waals surface area contributed by atoms with Crippen LogP contribution >= 0.6 is 0 Å². The van der Waals surface area contributed by atoms with Gasteiger partial charge in [-0.15, -0.1) is 0 Å². The summed E-state index contributed by atoms with van der Waals surface area (Å²) in [6.45, 7) is 9.53. The number of hydrogen-bond donors (Lipinski definition) is 0. The fraction of sp³-hybridized carbons (Fsp3) is 0.500. The van der Waals surface area contributed by atoms with E-state index in [2.05, 4.69) is 44.9 Å². The first-order valence-corrected chi connectivity index (χ1v) is 9.00. The van der Waals surface area contributed by atoms with E-state index in [0.29, 0.717) is 24.7 Å². The van der Waals surface area contributed by atoms with Gasteiger partial charge in [-0.05, 0) is 31.4 Å². The van der Waals surface area contributed by atoms with Gasteiger partial charge in [0, 0.05) is 18.8 Å². The van der Waals surface area contributed by atoms with E-state index in [-0.39, 0.29) is 24.2 Å². The molecular formula is C20H27N3O2. The van der Waals surface area contributed by atoms with Gasteiger partial charge in [-0.1, -0.05) is 44.2 Å². The van der Waals surface area contributed by atoms with Crippen LogP contribution in [0.1, 0.15) is 55.9 Å². The molecule has 1 amide bonds. The predicted octanol–water partition coefficient (Wildman–Crippen LogP) is 3.70. The second kappa shape index (κ2) is 7.40. The number of nitrogens with zero attached hydrogens (tertiary/aromatic N) is 3. The molecule has 0 N–H and O–H groups in total. The number of rotatable bonds is 4. The van der Waals surface area contributed by atoms with E-state index in [0.717, 1.165) is 5.56 Å². The van der Waals surface area contributed by atoms with Crippen LogP contribution < -0.4 is 0 Å². The van der Waals surface area contributed by atoms with Gasteiger partial charge in [0.05, 0.1) is 12.6 Å². The molecule has 0 bridgehead atoms. The van der Waals surface area contributed by atoms with E-state index in [4.69, 9.17) is 4.74 Å². The van der Waals surface area contributed by atoms with Crippen molar-refractivity contribution in [3.8, 4) is 0 Å². The Morgan fingerprint density at radius 3 is 2.44 bits per heavy atom. The topological polar surface area (TPSA) is 47.4 Å². The molecular weight excluding hydrogens is 314 g/mol. The molecule has 1 aromatic heterocycles. The second-order valence-corrected chi connectivity index (χ2v) is 7.30. The number of hydrogen-bond acceptors (Lipinski definition) is 3. The summed E-state index contributed by atoms with van der Waals surface area (Å²) in [5.74, 6) is 0.323. The third-order valence-electron chi connectivity index (χ3n) is 4.68. The Morgan fingerprint density at radius 1 is 1.12 bits per heavy atom. The van der Waals surface area contributed by atoms with Gasteiger partial charge < -0.3 is 9.64 Å². The lowest BCUT2D eigenvalue weighted by molar-refractivity contribution is -0.0955. The van der Waals surface area contributed by atoms with Gasteiger partial charge in [0.15, 0.2) is 0 Å². The summed E-state index contributed by atoms with van der Waals surface area (Å²) in [5.41, 5.74) is 1.61. The summed E-state index contributed by atoms with van der Waals surface area (Å²) in [6.07, 6.45) is 1.79. The van der Waals surface area contributed by atoms with Crippen molar-refractivity contribution in [1.82, 2.24) is 14.7 Å². The van der Waals surface area contributed by atoms with Crippen LogP contribution in [0.4, 0.5) is 0 Å². The monoisotopic (exact) mass is 341 g/mol. The molecule has 3 rings (SSSR count). The highest BCUT2D eigenvalue weighted by Crippen LogP contribution is 2.28. The number of ether oxygens (including phenoxy) is 1. The summed E-state index contributed by atoms with van der Waals surface area (Å²) in [5, 5.41) is 4.44. The van der Waals surface area contributed by atoms with Gasteiger partial charge >= 0.3 is 0 Å². The maximum absolute atomic E-state index is 13.0. The number of carbonyl (C=O) groups is 1. The van der Waals surface area contributed by atoms with Crippen LogP contribution in [0.25, 0.3) is 0 Å². The number of amides is 1. The van der Waals surface area contributed by atoms with Gasteiger partial charge in [0.25, 0.3) is 5.91 Å². The third-order valence-corrected chi connectivity index (χ3v) is 4.68. The highest BCUT2D eigenvalue weighted by molar-refractivity contribution is 5.92. The van der Waals surface area contributed by atoms with Crippen molar-refractivity contribution in [2.75, 3.05) is 13.1 Å². The molecule has 2 atom stereocenters. The minimum atomic E-state index is -0.0986. The molecule has 0 aliphatic carbocycles. The Kier molecular flexibility index (Phi) is 5.23. The largest absolute Gasteiger partial charge is 0.366 e. The van der Waals surface area contributed by atoms with E-state index in [1.54, 1.807) is 6.07 Å². The summed E-state index contributed by atoms with van der Waals surface area (Å²) in [4.78, 5) is 14.9. The molecule has 2 heterocycles. The average Bonchev–Trinajstić information content (AvgIpc) is 3.12. The first-order chi connectivity index (χ1) is 12.0. The quantitative estimate of drug-likeness (QED) is 0.852. The molecule has 134 valence electrons. The summed E-state index contributed by atoms with van der Waals surface area (Å²) >= 11 is 0. The fourth-order valence-corrected chi connectivity index (χ4v) is 3.08. The van der Waals surface area contributed by atoms with Crippen LogP contribution in [0.2, 0.25) is 0 Å². The van der Waals surface area contributed by atoms with Crippen LogP contribution in [0.3, 0.4) is 0 Å². The first-order valence-electron chi connectivity index (χ1n) is 9.00. The lowest BCUT2D eigenvalue weighted by Crippen LogP contribution is -2.48. The normalized spacial score (nSPS) is 21.1. The first kappa shape index (κ1) is 17.7. The molecule has 0 saturated carbocycles. The van der Waals surface area contributed by atoms with Crippen LogP contribution in [-0.2, 0) is 4.74 Å². The van der Waals surface area contributed by atoms with Crippen molar-refractivity contribution < 1.29 is 9.53 Å². The zero-order valence-electron chi connectivity index (χ0n) is 15.4. The highest BCUT2D eigenvalue weighted by atomic mass is 16.5. The number of aromatic nitrogens is 2. The van der Waals surface area contributed by atoms with E-state index < -0.39 is 0 Å². The predicted molar refractivity (Wildman–Crippen MR) is 97.4 cm³/mol. The molecule has 1 aliphatic rings. The summed E-state index contributed by atoms with van der Waals surface area (Å²) in [7, 11) is 0. The number of carbonyl (C=O) groups excluding carboxylic acids is 1. The van der Waals surface area contributed by atoms with E-state index in [1.165, 1.54) is 0 Å². The molecule has 5 nitrogen and oxygen atoms in total. The minimum Gasteiger partial charge on any atom is -0.366 e. The SMILES string of the molecule is CC(C)[C@H]1CN(C(=O)c2ccn(C(C)C)n2)C[C@@H](c2ccccc2)O1. The number of morpholine rings is 1. The summed E-state index contributed by atoms with van der Waals surface area (Å²) < 4.78 is 8.10. The molecule has 2 aromatic rings. The maximum atomic E-state index is 13.0. The maximum Gasteiger partial charge on any atom is 0.274 e. The molecule has 5 heteroatoms. The smallest absolute Gasteiger partial charge is 0.274 e. The Morgan fingerprint density at radius 2 is 1.84 bits per heavy atom. The lowest BCUT2D eigenvalue weighted by Gasteiger charge is -2.39. The van der Waals surface area contributed by atoms with Gasteiger partial charge in [-0.2, -0.15) is 5.10 Å². The Hall–Kier alpha value is -2.14. The van der Waals surface area contributed by atoms with Crippen molar-refractivity contribution in [2.24, 2.45) is 5.92 Å². The molecule has 25 heavy (non-hydrogen) atoms. The molecule has 0 radical (unpaired) electrons. The molecule has 1 saturated heterocycles. The lowest BCUT2D eigenvalue weighted by atomic mass is 10.0. The minimum absolute atomic E-state index is 0.0192. The van der Waals surface area contributed by atoms with Crippen LogP contribution in [0, 0.1) is 5.92 Å². The van der Waals surface area contributed by atoms with Crippen LogP contribution in [0.15, 0.2) is 42.6 Å². The van der Waals surface area contributed by atoms with Gasteiger partial charge in [-0.3, -0.25) is 9.48 Å². The van der Waals surface area contributed by atoms with Crippen LogP contribution in [-0.4, -0.2) is 39.8 Å². The zero-order chi connectivity index (χ0) is 18.0. The highest BCUT2D eigenvalue weighted by Gasteiger charge is 2.34. The van der Waals surface area contributed by atoms with Gasteiger partial charge in [0.2, 0.25) is 0 Å². The second-order valence-electron chi connectivity index (χ2n) is 7.30. The fourth-order valence-electron chi connectivity index (χ4n) is 3.08.